The van der Waals surface area contributed by atoms with Gasteiger partial charge in [-0.25, -0.2) is 4.98 Å². The van der Waals surface area contributed by atoms with Crippen molar-refractivity contribution in [2.24, 2.45) is 0 Å². The van der Waals surface area contributed by atoms with Gasteiger partial charge in [-0.3, -0.25) is 10.1 Å². The highest BCUT2D eigenvalue weighted by atomic mass is 32.1. The normalized spacial score (nSPS) is 10.7. The van der Waals surface area contributed by atoms with Gasteiger partial charge in [-0.1, -0.05) is 42.9 Å². The molecule has 0 spiro atoms. The van der Waals surface area contributed by atoms with E-state index in [1.165, 1.54) is 11.3 Å². The number of hydrogen-bond donors (Lipinski definition) is 1. The Morgan fingerprint density at radius 2 is 2.04 bits per heavy atom. The van der Waals surface area contributed by atoms with Gasteiger partial charge in [0, 0.05) is 5.56 Å². The van der Waals surface area contributed by atoms with E-state index in [4.69, 9.17) is 4.74 Å². The van der Waals surface area contributed by atoms with Crippen molar-refractivity contribution in [3.8, 4) is 5.75 Å². The molecule has 1 heterocycles. The molecule has 2 aromatic carbocycles. The number of thiazole rings is 1. The third-order valence-electron chi connectivity index (χ3n) is 3.38. The summed E-state index contributed by atoms with van der Waals surface area (Å²) in [6, 6.07) is 14.9. The van der Waals surface area contributed by atoms with E-state index >= 15 is 0 Å². The number of hydrogen-bond acceptors (Lipinski definition) is 4. The average molecular weight is 326 g/mol. The molecule has 0 aliphatic heterocycles. The summed E-state index contributed by atoms with van der Waals surface area (Å²) in [6.45, 7) is 2.86. The molecule has 0 unspecified atom stereocenters. The molecule has 23 heavy (non-hydrogen) atoms. The lowest BCUT2D eigenvalue weighted by Gasteiger charge is -2.04. The predicted molar refractivity (Wildman–Crippen MR) is 94.4 cm³/mol. The fourth-order valence-electron chi connectivity index (χ4n) is 2.14. The number of nitrogens with zero attached hydrogens (tertiary/aromatic N) is 1. The van der Waals surface area contributed by atoms with Crippen molar-refractivity contribution < 1.29 is 9.53 Å². The number of benzene rings is 2. The number of anilines is 1. The summed E-state index contributed by atoms with van der Waals surface area (Å²) >= 11 is 1.45. The SMILES string of the molecule is CCCCOc1ccc2nc(NC(=O)c3ccccc3)sc2c1. The highest BCUT2D eigenvalue weighted by molar-refractivity contribution is 7.22. The van der Waals surface area contributed by atoms with Crippen LogP contribution in [0.3, 0.4) is 0 Å². The first kappa shape index (κ1) is 15.5. The Bertz CT molecular complexity index is 799. The molecule has 0 atom stereocenters. The minimum atomic E-state index is -0.149. The Morgan fingerprint density at radius 1 is 1.22 bits per heavy atom. The van der Waals surface area contributed by atoms with Crippen LogP contribution in [0.5, 0.6) is 5.75 Å². The molecule has 4 nitrogen and oxygen atoms in total. The molecule has 5 heteroatoms. The number of rotatable bonds is 6. The number of unbranched alkanes of at least 4 members (excludes halogenated alkanes) is 1. The molecule has 0 saturated carbocycles. The standard InChI is InChI=1S/C18H18N2O2S/c1-2-3-11-22-14-9-10-15-16(12-14)23-18(19-15)20-17(21)13-7-5-4-6-8-13/h4-10,12H,2-3,11H2,1H3,(H,19,20,21). The second-order valence-electron chi connectivity index (χ2n) is 5.17. The van der Waals surface area contributed by atoms with E-state index in [-0.39, 0.29) is 5.91 Å². The van der Waals surface area contributed by atoms with Gasteiger partial charge in [0.25, 0.3) is 5.91 Å². The maximum atomic E-state index is 12.2. The van der Waals surface area contributed by atoms with E-state index in [9.17, 15) is 4.79 Å². The Balaban J connectivity index is 1.73. The molecular formula is C18H18N2O2S. The number of carbonyl (C=O) groups is 1. The predicted octanol–water partition coefficient (Wildman–Crippen LogP) is 4.73. The topological polar surface area (TPSA) is 51.2 Å². The minimum Gasteiger partial charge on any atom is -0.494 e. The molecule has 1 N–H and O–H groups in total. The maximum absolute atomic E-state index is 12.2. The van der Waals surface area contributed by atoms with Crippen molar-refractivity contribution >= 4 is 32.6 Å². The number of fused-ring (bicyclic) bond motifs is 1. The first-order valence-electron chi connectivity index (χ1n) is 7.66. The van der Waals surface area contributed by atoms with Crippen LogP contribution in [-0.2, 0) is 0 Å². The molecule has 1 amide bonds. The van der Waals surface area contributed by atoms with E-state index in [1.807, 2.05) is 36.4 Å². The number of carbonyl (C=O) groups excluding carboxylic acids is 1. The third-order valence-corrected chi connectivity index (χ3v) is 4.32. The van der Waals surface area contributed by atoms with Gasteiger partial charge in [0.15, 0.2) is 5.13 Å². The molecule has 0 saturated heterocycles. The van der Waals surface area contributed by atoms with Crippen molar-refractivity contribution in [1.82, 2.24) is 4.98 Å². The van der Waals surface area contributed by atoms with E-state index in [1.54, 1.807) is 12.1 Å². The third kappa shape index (κ3) is 3.87. The average Bonchev–Trinajstić information content (AvgIpc) is 2.97. The largest absolute Gasteiger partial charge is 0.494 e. The van der Waals surface area contributed by atoms with Gasteiger partial charge in [0.2, 0.25) is 0 Å². The number of ether oxygens (including phenoxy) is 1. The lowest BCUT2D eigenvalue weighted by Crippen LogP contribution is -2.11. The molecule has 3 aromatic rings. The highest BCUT2D eigenvalue weighted by Crippen LogP contribution is 2.29. The Labute approximate surface area is 139 Å². The smallest absolute Gasteiger partial charge is 0.257 e. The van der Waals surface area contributed by atoms with Gasteiger partial charge >= 0.3 is 0 Å². The van der Waals surface area contributed by atoms with Crippen LogP contribution in [0.15, 0.2) is 48.5 Å². The summed E-state index contributed by atoms with van der Waals surface area (Å²) in [6.07, 6.45) is 2.15. The van der Waals surface area contributed by atoms with E-state index < -0.39 is 0 Å². The summed E-state index contributed by atoms with van der Waals surface area (Å²) in [5, 5.41) is 3.44. The molecular weight excluding hydrogens is 308 g/mol. The Hall–Kier alpha value is -2.40. The number of amides is 1. The van der Waals surface area contributed by atoms with Gasteiger partial charge < -0.3 is 4.74 Å². The number of aromatic nitrogens is 1. The van der Waals surface area contributed by atoms with Gasteiger partial charge in [-0.2, -0.15) is 0 Å². The van der Waals surface area contributed by atoms with E-state index in [0.29, 0.717) is 10.7 Å². The van der Waals surface area contributed by atoms with Crippen LogP contribution < -0.4 is 10.1 Å². The molecule has 0 radical (unpaired) electrons. The zero-order chi connectivity index (χ0) is 16.1. The Kier molecular flexibility index (Phi) is 4.88. The van der Waals surface area contributed by atoms with Crippen molar-refractivity contribution in [2.45, 2.75) is 19.8 Å². The first-order chi connectivity index (χ1) is 11.3. The van der Waals surface area contributed by atoms with Crippen LogP contribution >= 0.6 is 11.3 Å². The quantitative estimate of drug-likeness (QED) is 0.666. The fraction of sp³-hybridized carbons (Fsp3) is 0.222. The lowest BCUT2D eigenvalue weighted by atomic mass is 10.2. The van der Waals surface area contributed by atoms with Crippen LogP contribution in [0.4, 0.5) is 5.13 Å². The summed E-state index contributed by atoms with van der Waals surface area (Å²) in [4.78, 5) is 16.6. The van der Waals surface area contributed by atoms with Crippen LogP contribution in [0.25, 0.3) is 10.2 Å². The molecule has 0 aliphatic rings. The zero-order valence-electron chi connectivity index (χ0n) is 12.9. The Morgan fingerprint density at radius 3 is 2.83 bits per heavy atom. The van der Waals surface area contributed by atoms with Crippen LogP contribution in [0.2, 0.25) is 0 Å². The minimum absolute atomic E-state index is 0.149. The van der Waals surface area contributed by atoms with Crippen molar-refractivity contribution in [3.63, 3.8) is 0 Å². The second-order valence-corrected chi connectivity index (χ2v) is 6.20. The fourth-order valence-corrected chi connectivity index (χ4v) is 3.03. The monoisotopic (exact) mass is 326 g/mol. The van der Waals surface area contributed by atoms with Crippen LogP contribution in [-0.4, -0.2) is 17.5 Å². The maximum Gasteiger partial charge on any atom is 0.257 e. The van der Waals surface area contributed by atoms with Crippen LogP contribution in [0, 0.1) is 0 Å². The van der Waals surface area contributed by atoms with Crippen LogP contribution in [0.1, 0.15) is 30.1 Å². The van der Waals surface area contributed by atoms with Gasteiger partial charge in [0.05, 0.1) is 16.8 Å². The van der Waals surface area contributed by atoms with Crippen molar-refractivity contribution in [2.75, 3.05) is 11.9 Å². The van der Waals surface area contributed by atoms with Crippen molar-refractivity contribution in [1.29, 1.82) is 0 Å². The molecule has 0 fully saturated rings. The van der Waals surface area contributed by atoms with Gasteiger partial charge in [-0.05, 0) is 36.8 Å². The second kappa shape index (κ2) is 7.24. The van der Waals surface area contributed by atoms with E-state index in [2.05, 4.69) is 17.2 Å². The highest BCUT2D eigenvalue weighted by Gasteiger charge is 2.10. The summed E-state index contributed by atoms with van der Waals surface area (Å²) in [5.74, 6) is 0.694. The van der Waals surface area contributed by atoms with Gasteiger partial charge in [-0.15, -0.1) is 0 Å². The summed E-state index contributed by atoms with van der Waals surface area (Å²) in [5.41, 5.74) is 1.48. The molecule has 0 bridgehead atoms. The van der Waals surface area contributed by atoms with Crippen molar-refractivity contribution in [3.05, 3.63) is 54.1 Å². The molecule has 3 rings (SSSR count). The molecule has 118 valence electrons. The molecule has 0 aliphatic carbocycles. The summed E-state index contributed by atoms with van der Waals surface area (Å²) in [7, 11) is 0. The van der Waals surface area contributed by atoms with E-state index in [0.717, 1.165) is 35.4 Å². The van der Waals surface area contributed by atoms with Gasteiger partial charge in [0.1, 0.15) is 5.75 Å². The zero-order valence-corrected chi connectivity index (χ0v) is 13.7. The number of nitrogens with one attached hydrogen (secondary N) is 1. The first-order valence-corrected chi connectivity index (χ1v) is 8.47. The summed E-state index contributed by atoms with van der Waals surface area (Å²) < 4.78 is 6.71. The molecule has 1 aromatic heterocycles. The lowest BCUT2D eigenvalue weighted by molar-refractivity contribution is 0.102.